The quantitative estimate of drug-likeness (QED) is 0.443. The van der Waals surface area contributed by atoms with E-state index in [9.17, 15) is 4.79 Å². The zero-order chi connectivity index (χ0) is 11.6. The highest BCUT2D eigenvalue weighted by molar-refractivity contribution is 5.77. The van der Waals surface area contributed by atoms with Crippen molar-refractivity contribution in [2.45, 2.75) is 0 Å². The molecule has 1 aliphatic rings. The second-order valence-electron chi connectivity index (χ2n) is 3.71. The van der Waals surface area contributed by atoms with E-state index in [0.29, 0.717) is 26.3 Å². The van der Waals surface area contributed by atoms with Crippen molar-refractivity contribution in [1.29, 1.82) is 0 Å². The number of amides is 1. The molecule has 0 atom stereocenters. The third-order valence-corrected chi connectivity index (χ3v) is 2.38. The summed E-state index contributed by atoms with van der Waals surface area (Å²) in [6, 6.07) is 0. The molecule has 0 aromatic rings. The van der Waals surface area contributed by atoms with Gasteiger partial charge in [0, 0.05) is 32.7 Å². The maximum absolute atomic E-state index is 11.5. The number of piperazine rings is 1. The second-order valence-corrected chi connectivity index (χ2v) is 3.71. The van der Waals surface area contributed by atoms with E-state index in [4.69, 9.17) is 9.84 Å². The molecule has 1 saturated heterocycles. The molecule has 1 aliphatic heterocycles. The van der Waals surface area contributed by atoms with E-state index in [1.807, 2.05) is 0 Å². The molecule has 0 bridgehead atoms. The van der Waals surface area contributed by atoms with E-state index in [1.165, 1.54) is 0 Å². The van der Waals surface area contributed by atoms with Crippen LogP contribution in [0, 0.1) is 0 Å². The predicted molar refractivity (Wildman–Crippen MR) is 60.2 cm³/mol. The Morgan fingerprint density at radius 3 is 2.81 bits per heavy atom. The summed E-state index contributed by atoms with van der Waals surface area (Å²) in [5, 5.41) is 14.5. The van der Waals surface area contributed by atoms with Crippen LogP contribution in [0.2, 0.25) is 0 Å². The number of hydrogen-bond donors (Lipinski definition) is 3. The fourth-order valence-electron chi connectivity index (χ4n) is 1.56. The Morgan fingerprint density at radius 1 is 1.38 bits per heavy atom. The van der Waals surface area contributed by atoms with Crippen LogP contribution in [0.15, 0.2) is 0 Å². The first-order chi connectivity index (χ1) is 7.83. The lowest BCUT2D eigenvalue weighted by Gasteiger charge is -2.26. The summed E-state index contributed by atoms with van der Waals surface area (Å²) in [6.07, 6.45) is 0. The van der Waals surface area contributed by atoms with E-state index in [0.717, 1.165) is 26.2 Å². The van der Waals surface area contributed by atoms with Gasteiger partial charge in [0.2, 0.25) is 5.91 Å². The van der Waals surface area contributed by atoms with Crippen LogP contribution in [0.25, 0.3) is 0 Å². The van der Waals surface area contributed by atoms with Gasteiger partial charge in [-0.3, -0.25) is 9.69 Å². The molecule has 0 aromatic carbocycles. The number of ether oxygens (including phenoxy) is 1. The summed E-state index contributed by atoms with van der Waals surface area (Å²) < 4.78 is 5.03. The maximum Gasteiger partial charge on any atom is 0.234 e. The van der Waals surface area contributed by atoms with Crippen molar-refractivity contribution in [2.24, 2.45) is 0 Å². The molecule has 0 unspecified atom stereocenters. The first-order valence-electron chi connectivity index (χ1n) is 5.71. The highest BCUT2D eigenvalue weighted by Gasteiger charge is 2.12. The molecule has 1 amide bonds. The fraction of sp³-hybridized carbons (Fsp3) is 0.900. The van der Waals surface area contributed by atoms with Crippen LogP contribution in [-0.4, -0.2) is 75.0 Å². The van der Waals surface area contributed by atoms with Gasteiger partial charge in [0.1, 0.15) is 0 Å². The minimum atomic E-state index is 0.0225. The number of nitrogens with one attached hydrogen (secondary N) is 2. The first-order valence-corrected chi connectivity index (χ1v) is 5.71. The van der Waals surface area contributed by atoms with E-state index >= 15 is 0 Å². The Morgan fingerprint density at radius 2 is 2.12 bits per heavy atom. The van der Waals surface area contributed by atoms with Crippen LogP contribution in [0.5, 0.6) is 0 Å². The number of carbonyl (C=O) groups is 1. The number of nitrogens with zero attached hydrogens (tertiary/aromatic N) is 1. The van der Waals surface area contributed by atoms with Gasteiger partial charge in [-0.1, -0.05) is 0 Å². The predicted octanol–water partition coefficient (Wildman–Crippen LogP) is -1.98. The summed E-state index contributed by atoms with van der Waals surface area (Å²) in [4.78, 5) is 13.6. The molecule has 1 fully saturated rings. The Labute approximate surface area is 95.9 Å². The van der Waals surface area contributed by atoms with E-state index in [-0.39, 0.29) is 12.5 Å². The van der Waals surface area contributed by atoms with Crippen molar-refractivity contribution >= 4 is 5.91 Å². The average molecular weight is 231 g/mol. The summed E-state index contributed by atoms with van der Waals surface area (Å²) in [6.45, 7) is 5.52. The first kappa shape index (κ1) is 13.4. The summed E-state index contributed by atoms with van der Waals surface area (Å²) >= 11 is 0. The van der Waals surface area contributed by atoms with Crippen molar-refractivity contribution in [2.75, 3.05) is 59.1 Å². The lowest BCUT2D eigenvalue weighted by atomic mass is 10.3. The topological polar surface area (TPSA) is 73.8 Å². The van der Waals surface area contributed by atoms with Gasteiger partial charge in [0.15, 0.2) is 0 Å². The molecule has 1 heterocycles. The molecule has 3 N–H and O–H groups in total. The largest absolute Gasteiger partial charge is 0.394 e. The van der Waals surface area contributed by atoms with Crippen molar-refractivity contribution < 1.29 is 14.6 Å². The molecule has 0 aromatic heterocycles. The van der Waals surface area contributed by atoms with Gasteiger partial charge < -0.3 is 20.5 Å². The monoisotopic (exact) mass is 231 g/mol. The number of rotatable bonds is 7. The smallest absolute Gasteiger partial charge is 0.234 e. The fourth-order valence-corrected chi connectivity index (χ4v) is 1.56. The van der Waals surface area contributed by atoms with Crippen molar-refractivity contribution in [3.05, 3.63) is 0 Å². The Bertz CT molecular complexity index is 196. The van der Waals surface area contributed by atoms with E-state index in [1.54, 1.807) is 0 Å². The van der Waals surface area contributed by atoms with Gasteiger partial charge in [-0.2, -0.15) is 0 Å². The maximum atomic E-state index is 11.5. The lowest BCUT2D eigenvalue weighted by molar-refractivity contribution is -0.122. The van der Waals surface area contributed by atoms with Crippen molar-refractivity contribution in [3.63, 3.8) is 0 Å². The Balaban J connectivity index is 1.97. The van der Waals surface area contributed by atoms with Crippen LogP contribution in [0.3, 0.4) is 0 Å². The number of aliphatic hydroxyl groups is 1. The zero-order valence-electron chi connectivity index (χ0n) is 9.57. The molecular weight excluding hydrogens is 210 g/mol. The van der Waals surface area contributed by atoms with Crippen LogP contribution in [0.1, 0.15) is 0 Å². The molecule has 0 saturated carbocycles. The minimum Gasteiger partial charge on any atom is -0.394 e. The van der Waals surface area contributed by atoms with Gasteiger partial charge in [0.25, 0.3) is 0 Å². The van der Waals surface area contributed by atoms with Gasteiger partial charge >= 0.3 is 0 Å². The average Bonchev–Trinajstić information content (AvgIpc) is 2.30. The van der Waals surface area contributed by atoms with Gasteiger partial charge in [0.05, 0.1) is 26.4 Å². The molecule has 6 heteroatoms. The van der Waals surface area contributed by atoms with E-state index < -0.39 is 0 Å². The molecular formula is C10H21N3O3. The Hall–Kier alpha value is -0.690. The lowest BCUT2D eigenvalue weighted by Crippen LogP contribution is -2.47. The van der Waals surface area contributed by atoms with Crippen LogP contribution < -0.4 is 10.6 Å². The molecule has 6 nitrogen and oxygen atoms in total. The van der Waals surface area contributed by atoms with Crippen molar-refractivity contribution in [3.8, 4) is 0 Å². The van der Waals surface area contributed by atoms with E-state index in [2.05, 4.69) is 15.5 Å². The molecule has 0 spiro atoms. The Kier molecular flexibility index (Phi) is 7.07. The number of hydrogen-bond acceptors (Lipinski definition) is 5. The molecule has 1 rings (SSSR count). The normalized spacial score (nSPS) is 17.3. The third-order valence-electron chi connectivity index (χ3n) is 2.38. The second kappa shape index (κ2) is 8.46. The third kappa shape index (κ3) is 6.02. The van der Waals surface area contributed by atoms with Gasteiger partial charge in [-0.15, -0.1) is 0 Å². The summed E-state index contributed by atoms with van der Waals surface area (Å²) in [7, 11) is 0. The standard InChI is InChI=1S/C10H21N3O3/c14-6-8-16-7-3-12-10(15)9-13-4-1-11-2-5-13/h11,14H,1-9H2,(H,12,15). The number of aliphatic hydroxyl groups excluding tert-OH is 1. The summed E-state index contributed by atoms with van der Waals surface area (Å²) in [5.41, 5.74) is 0. The summed E-state index contributed by atoms with van der Waals surface area (Å²) in [5.74, 6) is 0.0366. The van der Waals surface area contributed by atoms with Crippen LogP contribution >= 0.6 is 0 Å². The van der Waals surface area contributed by atoms with Gasteiger partial charge in [-0.05, 0) is 0 Å². The molecule has 16 heavy (non-hydrogen) atoms. The molecule has 0 aliphatic carbocycles. The van der Waals surface area contributed by atoms with Gasteiger partial charge in [-0.25, -0.2) is 0 Å². The minimum absolute atomic E-state index is 0.0225. The SMILES string of the molecule is O=C(CN1CCNCC1)NCCOCCO. The highest BCUT2D eigenvalue weighted by atomic mass is 16.5. The van der Waals surface area contributed by atoms with Crippen LogP contribution in [0.4, 0.5) is 0 Å². The molecule has 94 valence electrons. The molecule has 0 radical (unpaired) electrons. The van der Waals surface area contributed by atoms with Crippen LogP contribution in [-0.2, 0) is 9.53 Å². The zero-order valence-corrected chi connectivity index (χ0v) is 9.57. The number of carbonyl (C=O) groups excluding carboxylic acids is 1. The highest BCUT2D eigenvalue weighted by Crippen LogP contribution is 1.90. The van der Waals surface area contributed by atoms with Crippen molar-refractivity contribution in [1.82, 2.24) is 15.5 Å².